The van der Waals surface area contributed by atoms with E-state index in [0.29, 0.717) is 5.76 Å². The normalized spacial score (nSPS) is 10.5. The highest BCUT2D eigenvalue weighted by atomic mass is 19.1. The van der Waals surface area contributed by atoms with Gasteiger partial charge in [0.15, 0.2) is 11.5 Å². The molecule has 0 aliphatic rings. The van der Waals surface area contributed by atoms with Crippen molar-refractivity contribution in [2.24, 2.45) is 0 Å². The van der Waals surface area contributed by atoms with Crippen molar-refractivity contribution in [1.29, 1.82) is 0 Å². The van der Waals surface area contributed by atoms with Crippen LogP contribution in [0.4, 0.5) is 10.1 Å². The zero-order chi connectivity index (χ0) is 19.4. The molecule has 0 spiro atoms. The molecule has 2 aromatic carbocycles. The highest BCUT2D eigenvalue weighted by Crippen LogP contribution is 2.21. The molecule has 2 amide bonds. The fraction of sp³-hybridized carbons (Fsp3) is 0.150. The van der Waals surface area contributed by atoms with Gasteiger partial charge in [0.25, 0.3) is 5.91 Å². The molecular weight excluding hydrogens is 349 g/mol. The van der Waals surface area contributed by atoms with Gasteiger partial charge in [0.2, 0.25) is 5.91 Å². The lowest BCUT2D eigenvalue weighted by Crippen LogP contribution is -2.35. The molecule has 6 nitrogen and oxygen atoms in total. The molecule has 3 aromatic rings. The maximum absolute atomic E-state index is 13.6. The van der Waals surface area contributed by atoms with Gasteiger partial charge in [0.1, 0.15) is 5.82 Å². The van der Waals surface area contributed by atoms with Crippen LogP contribution < -0.4 is 5.32 Å². The van der Waals surface area contributed by atoms with E-state index in [1.54, 1.807) is 6.07 Å². The molecule has 0 radical (unpaired) electrons. The summed E-state index contributed by atoms with van der Waals surface area (Å²) in [7, 11) is 1.46. The molecule has 0 bridgehead atoms. The first-order valence-electron chi connectivity index (χ1n) is 8.27. The van der Waals surface area contributed by atoms with Crippen LogP contribution in [-0.4, -0.2) is 35.5 Å². The van der Waals surface area contributed by atoms with Crippen molar-refractivity contribution < 1.29 is 18.5 Å². The van der Waals surface area contributed by atoms with Crippen LogP contribution in [0.25, 0.3) is 11.3 Å². The van der Waals surface area contributed by atoms with Crippen LogP contribution in [0.1, 0.15) is 16.1 Å². The molecule has 27 heavy (non-hydrogen) atoms. The van der Waals surface area contributed by atoms with E-state index in [1.807, 2.05) is 31.2 Å². The minimum absolute atomic E-state index is 0.0615. The van der Waals surface area contributed by atoms with Crippen molar-refractivity contribution in [3.63, 3.8) is 0 Å². The molecule has 1 heterocycles. The number of halogens is 1. The quantitative estimate of drug-likeness (QED) is 0.749. The Balaban J connectivity index is 1.64. The predicted molar refractivity (Wildman–Crippen MR) is 98.7 cm³/mol. The number of aromatic nitrogens is 1. The molecule has 0 aliphatic carbocycles. The Bertz CT molecular complexity index is 967. The van der Waals surface area contributed by atoms with E-state index in [9.17, 15) is 14.0 Å². The Morgan fingerprint density at radius 1 is 1.15 bits per heavy atom. The summed E-state index contributed by atoms with van der Waals surface area (Å²) in [6.45, 7) is 1.72. The van der Waals surface area contributed by atoms with Gasteiger partial charge in [-0.05, 0) is 19.1 Å². The zero-order valence-electron chi connectivity index (χ0n) is 14.9. The Morgan fingerprint density at radius 2 is 1.85 bits per heavy atom. The lowest BCUT2D eigenvalue weighted by molar-refractivity contribution is -0.116. The first kappa shape index (κ1) is 18.3. The molecule has 1 N–H and O–H groups in total. The second-order valence-corrected chi connectivity index (χ2v) is 6.13. The summed E-state index contributed by atoms with van der Waals surface area (Å²) in [4.78, 5) is 25.7. The van der Waals surface area contributed by atoms with Crippen LogP contribution in [0.3, 0.4) is 0 Å². The summed E-state index contributed by atoms with van der Waals surface area (Å²) in [5, 5.41) is 6.22. The average Bonchev–Trinajstić information content (AvgIpc) is 3.13. The predicted octanol–water partition coefficient (Wildman–Crippen LogP) is 3.50. The van der Waals surface area contributed by atoms with E-state index in [0.717, 1.165) is 11.1 Å². The maximum atomic E-state index is 13.6. The van der Waals surface area contributed by atoms with E-state index < -0.39 is 17.6 Å². The fourth-order valence-corrected chi connectivity index (χ4v) is 2.46. The van der Waals surface area contributed by atoms with Crippen LogP contribution in [-0.2, 0) is 4.79 Å². The molecule has 0 atom stereocenters. The Hall–Kier alpha value is -3.48. The van der Waals surface area contributed by atoms with Crippen LogP contribution in [0, 0.1) is 12.7 Å². The molecule has 7 heteroatoms. The fourth-order valence-electron chi connectivity index (χ4n) is 2.46. The number of carbonyl (C=O) groups excluding carboxylic acids is 2. The number of anilines is 1. The molecule has 0 aliphatic heterocycles. The topological polar surface area (TPSA) is 75.4 Å². The smallest absolute Gasteiger partial charge is 0.276 e. The summed E-state index contributed by atoms with van der Waals surface area (Å²) in [6, 6.07) is 14.9. The molecule has 0 fully saturated rings. The number of aryl methyl sites for hydroxylation is 1. The monoisotopic (exact) mass is 367 g/mol. The van der Waals surface area contributed by atoms with Crippen molar-refractivity contribution in [2.75, 3.05) is 18.9 Å². The van der Waals surface area contributed by atoms with Gasteiger partial charge in [-0.3, -0.25) is 9.59 Å². The number of carbonyl (C=O) groups is 2. The van der Waals surface area contributed by atoms with Crippen LogP contribution in [0.15, 0.2) is 59.1 Å². The summed E-state index contributed by atoms with van der Waals surface area (Å²) >= 11 is 0. The largest absolute Gasteiger partial charge is 0.355 e. The molecule has 3 rings (SSSR count). The maximum Gasteiger partial charge on any atom is 0.276 e. The SMILES string of the molecule is Cc1ccc(-c2cc(C(=O)N(C)CC(=O)Nc3ccccc3F)no2)cc1. The summed E-state index contributed by atoms with van der Waals surface area (Å²) in [5.74, 6) is -1.07. The number of hydrogen-bond donors (Lipinski definition) is 1. The molecule has 0 saturated carbocycles. The van der Waals surface area contributed by atoms with Crippen LogP contribution in [0.5, 0.6) is 0 Å². The van der Waals surface area contributed by atoms with Gasteiger partial charge < -0.3 is 14.7 Å². The van der Waals surface area contributed by atoms with E-state index in [-0.39, 0.29) is 17.9 Å². The lowest BCUT2D eigenvalue weighted by atomic mass is 10.1. The number of para-hydroxylation sites is 1. The van der Waals surface area contributed by atoms with Crippen LogP contribution in [0.2, 0.25) is 0 Å². The minimum atomic E-state index is -0.543. The van der Waals surface area contributed by atoms with E-state index in [1.165, 1.54) is 36.2 Å². The van der Waals surface area contributed by atoms with Crippen molar-refractivity contribution in [1.82, 2.24) is 10.1 Å². The molecule has 1 aromatic heterocycles. The average molecular weight is 367 g/mol. The van der Waals surface area contributed by atoms with Gasteiger partial charge >= 0.3 is 0 Å². The molecule has 138 valence electrons. The number of nitrogens with one attached hydrogen (secondary N) is 1. The van der Waals surface area contributed by atoms with Gasteiger partial charge in [-0.15, -0.1) is 0 Å². The van der Waals surface area contributed by atoms with Crippen molar-refractivity contribution in [3.8, 4) is 11.3 Å². The summed E-state index contributed by atoms with van der Waals surface area (Å²) in [5.41, 5.74) is 2.06. The molecule has 0 unspecified atom stereocenters. The second kappa shape index (κ2) is 7.82. The number of likely N-dealkylation sites (N-methyl/N-ethyl adjacent to an activating group) is 1. The Morgan fingerprint density at radius 3 is 2.56 bits per heavy atom. The summed E-state index contributed by atoms with van der Waals surface area (Å²) < 4.78 is 18.8. The first-order valence-corrected chi connectivity index (χ1v) is 8.27. The third-order valence-corrected chi connectivity index (χ3v) is 3.94. The number of amides is 2. The van der Waals surface area contributed by atoms with Crippen molar-refractivity contribution in [3.05, 3.63) is 71.7 Å². The first-order chi connectivity index (χ1) is 12.9. The van der Waals surface area contributed by atoms with Crippen molar-refractivity contribution in [2.45, 2.75) is 6.92 Å². The van der Waals surface area contributed by atoms with Crippen LogP contribution >= 0.6 is 0 Å². The highest BCUT2D eigenvalue weighted by Gasteiger charge is 2.20. The third-order valence-electron chi connectivity index (χ3n) is 3.94. The lowest BCUT2D eigenvalue weighted by Gasteiger charge is -2.15. The van der Waals surface area contributed by atoms with E-state index in [2.05, 4.69) is 10.5 Å². The standard InChI is InChI=1S/C20H18FN3O3/c1-13-7-9-14(10-8-13)18-11-17(23-27-18)20(26)24(2)12-19(25)22-16-6-4-3-5-15(16)21/h3-11H,12H2,1-2H3,(H,22,25). The summed E-state index contributed by atoms with van der Waals surface area (Å²) in [6.07, 6.45) is 0. The second-order valence-electron chi connectivity index (χ2n) is 6.13. The van der Waals surface area contributed by atoms with E-state index in [4.69, 9.17) is 4.52 Å². The molecular formula is C20H18FN3O3. The van der Waals surface area contributed by atoms with Gasteiger partial charge in [0, 0.05) is 18.7 Å². The number of benzene rings is 2. The number of nitrogens with zero attached hydrogens (tertiary/aromatic N) is 2. The van der Waals surface area contributed by atoms with E-state index >= 15 is 0 Å². The Labute approximate surface area is 155 Å². The minimum Gasteiger partial charge on any atom is -0.355 e. The van der Waals surface area contributed by atoms with Crippen molar-refractivity contribution >= 4 is 17.5 Å². The van der Waals surface area contributed by atoms with Gasteiger partial charge in [-0.1, -0.05) is 47.1 Å². The Kier molecular flexibility index (Phi) is 5.30. The highest BCUT2D eigenvalue weighted by molar-refractivity contribution is 5.98. The molecule has 0 saturated heterocycles. The number of hydrogen-bond acceptors (Lipinski definition) is 4. The zero-order valence-corrected chi connectivity index (χ0v) is 14.9. The van der Waals surface area contributed by atoms with Gasteiger partial charge in [0.05, 0.1) is 12.2 Å². The third kappa shape index (κ3) is 4.38. The number of rotatable bonds is 5. The van der Waals surface area contributed by atoms with Gasteiger partial charge in [-0.2, -0.15) is 0 Å². The van der Waals surface area contributed by atoms with Gasteiger partial charge in [-0.25, -0.2) is 4.39 Å².